The number of carbonyl (C=O) groups is 1. The number of nitrogens with two attached hydrogens (primary N) is 1. The molecule has 100 valence electrons. The molecular formula is C14H23N3O. The highest BCUT2D eigenvalue weighted by Gasteiger charge is 2.50. The van der Waals surface area contributed by atoms with Crippen molar-refractivity contribution in [2.75, 3.05) is 6.54 Å². The second-order valence-corrected chi connectivity index (χ2v) is 5.97. The molecule has 1 amide bonds. The summed E-state index contributed by atoms with van der Waals surface area (Å²) in [6.45, 7) is 4.55. The second kappa shape index (κ2) is 5.27. The lowest BCUT2D eigenvalue weighted by Gasteiger charge is -2.34. The zero-order valence-corrected chi connectivity index (χ0v) is 11.3. The highest BCUT2D eigenvalue weighted by Crippen LogP contribution is 2.48. The Morgan fingerprint density at radius 2 is 2.11 bits per heavy atom. The van der Waals surface area contributed by atoms with Crippen LogP contribution in [-0.2, 0) is 4.79 Å². The summed E-state index contributed by atoms with van der Waals surface area (Å²) in [4.78, 5) is 14.5. The number of nitriles is 1. The largest absolute Gasteiger partial charge is 0.339 e. The standard InChI is InChI=1S/C14H23N3O/c1-9(2)17(7-3-6-15)14(18)12-10-4-5-11(8-10)13(12)16/h9-13H,3-5,7-8,16H2,1-2H3. The van der Waals surface area contributed by atoms with Crippen molar-refractivity contribution in [3.63, 3.8) is 0 Å². The third-order valence-electron chi connectivity index (χ3n) is 4.64. The quantitative estimate of drug-likeness (QED) is 0.821. The maximum atomic E-state index is 12.6. The van der Waals surface area contributed by atoms with Crippen LogP contribution in [-0.4, -0.2) is 29.4 Å². The first-order valence-corrected chi connectivity index (χ1v) is 6.99. The summed E-state index contributed by atoms with van der Waals surface area (Å²) in [5, 5.41) is 8.69. The molecule has 2 saturated carbocycles. The number of nitrogens with zero attached hydrogens (tertiary/aromatic N) is 2. The van der Waals surface area contributed by atoms with Gasteiger partial charge < -0.3 is 10.6 Å². The molecule has 0 radical (unpaired) electrons. The van der Waals surface area contributed by atoms with Crippen LogP contribution in [0.4, 0.5) is 0 Å². The van der Waals surface area contributed by atoms with Gasteiger partial charge in [0.15, 0.2) is 0 Å². The minimum absolute atomic E-state index is 0.00448. The highest BCUT2D eigenvalue weighted by molar-refractivity contribution is 5.81. The van der Waals surface area contributed by atoms with E-state index in [0.29, 0.717) is 24.8 Å². The Kier molecular flexibility index (Phi) is 3.91. The number of rotatable bonds is 4. The van der Waals surface area contributed by atoms with Gasteiger partial charge in [0, 0.05) is 18.6 Å². The van der Waals surface area contributed by atoms with E-state index >= 15 is 0 Å². The molecule has 0 aromatic carbocycles. The van der Waals surface area contributed by atoms with Gasteiger partial charge in [-0.2, -0.15) is 5.26 Å². The second-order valence-electron chi connectivity index (χ2n) is 5.97. The van der Waals surface area contributed by atoms with Crippen LogP contribution in [0.25, 0.3) is 0 Å². The molecule has 2 rings (SSSR count). The van der Waals surface area contributed by atoms with Gasteiger partial charge in [0.05, 0.1) is 18.4 Å². The van der Waals surface area contributed by atoms with E-state index in [4.69, 9.17) is 11.0 Å². The summed E-state index contributed by atoms with van der Waals surface area (Å²) < 4.78 is 0. The van der Waals surface area contributed by atoms with Crippen LogP contribution in [0.1, 0.15) is 39.5 Å². The Bertz CT molecular complexity index is 359. The lowest BCUT2D eigenvalue weighted by Crippen LogP contribution is -2.49. The first-order valence-electron chi connectivity index (χ1n) is 6.99. The van der Waals surface area contributed by atoms with Crippen LogP contribution in [0.5, 0.6) is 0 Å². The number of fused-ring (bicyclic) bond motifs is 2. The Morgan fingerprint density at radius 3 is 2.61 bits per heavy atom. The van der Waals surface area contributed by atoms with E-state index in [2.05, 4.69) is 6.07 Å². The Hall–Kier alpha value is -1.08. The normalized spacial score (nSPS) is 33.7. The fraction of sp³-hybridized carbons (Fsp3) is 0.857. The average Bonchev–Trinajstić information content (AvgIpc) is 2.89. The van der Waals surface area contributed by atoms with E-state index in [1.165, 1.54) is 6.42 Å². The van der Waals surface area contributed by atoms with Crippen molar-refractivity contribution < 1.29 is 4.79 Å². The molecule has 2 aliphatic carbocycles. The monoisotopic (exact) mass is 249 g/mol. The molecule has 4 atom stereocenters. The van der Waals surface area contributed by atoms with Crippen LogP contribution in [0.15, 0.2) is 0 Å². The van der Waals surface area contributed by atoms with E-state index in [0.717, 1.165) is 12.8 Å². The maximum absolute atomic E-state index is 12.6. The van der Waals surface area contributed by atoms with Crippen LogP contribution in [0.3, 0.4) is 0 Å². The lowest BCUT2D eigenvalue weighted by molar-refractivity contribution is -0.139. The average molecular weight is 249 g/mol. The Balaban J connectivity index is 2.07. The van der Waals surface area contributed by atoms with Gasteiger partial charge in [0.25, 0.3) is 0 Å². The zero-order valence-electron chi connectivity index (χ0n) is 11.3. The molecule has 0 aliphatic heterocycles. The van der Waals surface area contributed by atoms with Crippen molar-refractivity contribution in [3.8, 4) is 6.07 Å². The topological polar surface area (TPSA) is 70.1 Å². The van der Waals surface area contributed by atoms with Gasteiger partial charge in [-0.15, -0.1) is 0 Å². The van der Waals surface area contributed by atoms with Crippen molar-refractivity contribution in [3.05, 3.63) is 0 Å². The molecule has 2 fully saturated rings. The molecule has 2 N–H and O–H groups in total. The van der Waals surface area contributed by atoms with E-state index < -0.39 is 0 Å². The first kappa shape index (κ1) is 13.4. The summed E-state index contributed by atoms with van der Waals surface area (Å²) in [6, 6.07) is 2.31. The molecule has 2 aliphatic rings. The van der Waals surface area contributed by atoms with Crippen molar-refractivity contribution >= 4 is 5.91 Å². The van der Waals surface area contributed by atoms with Crippen LogP contribution < -0.4 is 5.73 Å². The fourth-order valence-corrected chi connectivity index (χ4v) is 3.69. The van der Waals surface area contributed by atoms with Gasteiger partial charge in [0.2, 0.25) is 5.91 Å². The maximum Gasteiger partial charge on any atom is 0.227 e. The summed E-state index contributed by atoms with van der Waals surface area (Å²) in [7, 11) is 0. The summed E-state index contributed by atoms with van der Waals surface area (Å²) in [5.74, 6) is 1.22. The van der Waals surface area contributed by atoms with Crippen molar-refractivity contribution in [1.82, 2.24) is 4.90 Å². The predicted molar refractivity (Wildman–Crippen MR) is 69.4 cm³/mol. The Morgan fingerprint density at radius 1 is 1.44 bits per heavy atom. The van der Waals surface area contributed by atoms with Gasteiger partial charge in [-0.05, 0) is 44.9 Å². The van der Waals surface area contributed by atoms with Gasteiger partial charge in [-0.3, -0.25) is 4.79 Å². The predicted octanol–water partition coefficient (Wildman–Crippen LogP) is 1.51. The molecular weight excluding hydrogens is 226 g/mol. The summed E-state index contributed by atoms with van der Waals surface area (Å²) >= 11 is 0. The molecule has 4 unspecified atom stereocenters. The van der Waals surface area contributed by atoms with E-state index in [1.807, 2.05) is 18.7 Å². The molecule has 0 heterocycles. The van der Waals surface area contributed by atoms with Crippen LogP contribution in [0, 0.1) is 29.1 Å². The number of amides is 1. The molecule has 4 heteroatoms. The highest BCUT2D eigenvalue weighted by atomic mass is 16.2. The van der Waals surface area contributed by atoms with Gasteiger partial charge in [-0.25, -0.2) is 0 Å². The van der Waals surface area contributed by atoms with E-state index in [1.54, 1.807) is 0 Å². The smallest absolute Gasteiger partial charge is 0.227 e. The fourth-order valence-electron chi connectivity index (χ4n) is 3.69. The SMILES string of the molecule is CC(C)N(CCC#N)C(=O)C1C2CCC(C2)C1N. The third kappa shape index (κ3) is 2.24. The van der Waals surface area contributed by atoms with Crippen molar-refractivity contribution in [1.29, 1.82) is 5.26 Å². The zero-order chi connectivity index (χ0) is 13.3. The van der Waals surface area contributed by atoms with Crippen LogP contribution >= 0.6 is 0 Å². The molecule has 2 bridgehead atoms. The molecule has 18 heavy (non-hydrogen) atoms. The molecule has 0 saturated heterocycles. The first-order chi connectivity index (χ1) is 8.56. The minimum Gasteiger partial charge on any atom is -0.339 e. The number of hydrogen-bond donors (Lipinski definition) is 1. The van der Waals surface area contributed by atoms with E-state index in [-0.39, 0.29) is 23.9 Å². The number of carbonyl (C=O) groups excluding carboxylic acids is 1. The summed E-state index contributed by atoms with van der Waals surface area (Å²) in [5.41, 5.74) is 6.22. The van der Waals surface area contributed by atoms with Gasteiger partial charge in [0.1, 0.15) is 0 Å². The van der Waals surface area contributed by atoms with Crippen molar-refractivity contribution in [2.24, 2.45) is 23.5 Å². The third-order valence-corrected chi connectivity index (χ3v) is 4.64. The minimum atomic E-state index is 0.00448. The molecule has 0 aromatic heterocycles. The molecule has 0 spiro atoms. The van der Waals surface area contributed by atoms with Gasteiger partial charge in [-0.1, -0.05) is 0 Å². The number of hydrogen-bond acceptors (Lipinski definition) is 3. The Labute approximate surface area is 109 Å². The lowest BCUT2D eigenvalue weighted by atomic mass is 9.83. The van der Waals surface area contributed by atoms with Crippen LogP contribution in [0.2, 0.25) is 0 Å². The van der Waals surface area contributed by atoms with Gasteiger partial charge >= 0.3 is 0 Å². The molecule has 0 aromatic rings. The van der Waals surface area contributed by atoms with Crippen molar-refractivity contribution in [2.45, 2.75) is 51.6 Å². The van der Waals surface area contributed by atoms with E-state index in [9.17, 15) is 4.79 Å². The molecule has 4 nitrogen and oxygen atoms in total. The summed E-state index contributed by atoms with van der Waals surface area (Å²) in [6.07, 6.45) is 3.87.